The van der Waals surface area contributed by atoms with Crippen molar-refractivity contribution in [2.45, 2.75) is 25.4 Å². The van der Waals surface area contributed by atoms with E-state index in [4.69, 9.17) is 11.6 Å². The second kappa shape index (κ2) is 5.81. The summed E-state index contributed by atoms with van der Waals surface area (Å²) in [5, 5.41) is 9.35. The second-order valence-electron chi connectivity index (χ2n) is 4.73. The number of hydrogen-bond acceptors (Lipinski definition) is 4. The molecule has 0 spiro atoms. The Morgan fingerprint density at radius 1 is 1.40 bits per heavy atom. The fraction of sp³-hybridized carbons (Fsp3) is 0.286. The first-order valence-corrected chi connectivity index (χ1v) is 7.72. The third kappa shape index (κ3) is 3.29. The number of anilines is 1. The first kappa shape index (κ1) is 13.4. The number of nitrogens with one attached hydrogen (secondary N) is 2. The van der Waals surface area contributed by atoms with Crippen molar-refractivity contribution < 1.29 is 4.79 Å². The number of hydrogen-bond donors (Lipinski definition) is 2. The van der Waals surface area contributed by atoms with Crippen molar-refractivity contribution >= 4 is 34.0 Å². The summed E-state index contributed by atoms with van der Waals surface area (Å²) in [6.07, 6.45) is 2.38. The summed E-state index contributed by atoms with van der Waals surface area (Å²) in [5.74, 6) is -0.176. The van der Waals surface area contributed by atoms with Gasteiger partial charge < -0.3 is 10.6 Å². The van der Waals surface area contributed by atoms with E-state index in [1.165, 1.54) is 24.2 Å². The van der Waals surface area contributed by atoms with Crippen LogP contribution in [0.25, 0.3) is 0 Å². The van der Waals surface area contributed by atoms with Crippen molar-refractivity contribution in [3.63, 3.8) is 0 Å². The van der Waals surface area contributed by atoms with E-state index in [0.717, 1.165) is 10.7 Å². The predicted molar refractivity (Wildman–Crippen MR) is 81.4 cm³/mol. The molecule has 0 atom stereocenters. The number of halogens is 1. The first-order chi connectivity index (χ1) is 9.72. The summed E-state index contributed by atoms with van der Waals surface area (Å²) in [4.78, 5) is 16.3. The Balaban J connectivity index is 1.58. The average Bonchev–Trinajstić information content (AvgIpc) is 3.13. The highest BCUT2D eigenvalue weighted by atomic mass is 35.5. The van der Waals surface area contributed by atoms with Crippen molar-refractivity contribution in [3.05, 3.63) is 45.9 Å². The zero-order valence-electron chi connectivity index (χ0n) is 10.7. The molecular weight excluding hydrogens is 294 g/mol. The van der Waals surface area contributed by atoms with Crippen LogP contribution in [-0.4, -0.2) is 16.9 Å². The molecule has 1 amide bonds. The molecule has 104 valence electrons. The Morgan fingerprint density at radius 2 is 2.20 bits per heavy atom. The van der Waals surface area contributed by atoms with Gasteiger partial charge in [0.25, 0.3) is 5.91 Å². The smallest absolute Gasteiger partial charge is 0.271 e. The van der Waals surface area contributed by atoms with Crippen LogP contribution in [0, 0.1) is 0 Å². The average molecular weight is 308 g/mol. The molecule has 6 heteroatoms. The van der Waals surface area contributed by atoms with Crippen LogP contribution in [0.2, 0.25) is 5.02 Å². The third-order valence-electron chi connectivity index (χ3n) is 3.04. The van der Waals surface area contributed by atoms with Crippen LogP contribution in [0.4, 0.5) is 5.13 Å². The highest BCUT2D eigenvalue weighted by Crippen LogP contribution is 2.26. The molecule has 1 aromatic carbocycles. The number of benzene rings is 1. The molecule has 0 aliphatic heterocycles. The number of carbonyl (C=O) groups excluding carboxylic acids is 1. The summed E-state index contributed by atoms with van der Waals surface area (Å²) in [6.45, 7) is 0.404. The molecule has 20 heavy (non-hydrogen) atoms. The van der Waals surface area contributed by atoms with E-state index in [9.17, 15) is 4.79 Å². The monoisotopic (exact) mass is 307 g/mol. The van der Waals surface area contributed by atoms with Crippen LogP contribution < -0.4 is 10.6 Å². The standard InChI is InChI=1S/C14H14ClN3OS/c15-11-4-2-1-3-9(11)7-16-13(19)12-8-20-14(18-12)17-10-5-6-10/h1-4,8,10H,5-7H2,(H,16,19)(H,17,18). The molecule has 4 nitrogen and oxygen atoms in total. The van der Waals surface area contributed by atoms with Crippen molar-refractivity contribution in [1.29, 1.82) is 0 Å². The van der Waals surface area contributed by atoms with Gasteiger partial charge in [-0.05, 0) is 24.5 Å². The summed E-state index contributed by atoms with van der Waals surface area (Å²) in [5.41, 5.74) is 1.35. The molecule has 1 fully saturated rings. The molecule has 0 saturated heterocycles. The molecule has 2 N–H and O–H groups in total. The molecular formula is C14H14ClN3OS. The predicted octanol–water partition coefficient (Wildman–Crippen LogP) is 3.30. The van der Waals surface area contributed by atoms with Gasteiger partial charge in [-0.2, -0.15) is 0 Å². The minimum absolute atomic E-state index is 0.176. The minimum Gasteiger partial charge on any atom is -0.359 e. The van der Waals surface area contributed by atoms with E-state index < -0.39 is 0 Å². The first-order valence-electron chi connectivity index (χ1n) is 6.46. The maximum absolute atomic E-state index is 12.0. The Hall–Kier alpha value is -1.59. The van der Waals surface area contributed by atoms with Crippen LogP contribution in [0.3, 0.4) is 0 Å². The van der Waals surface area contributed by atoms with Crippen molar-refractivity contribution in [1.82, 2.24) is 10.3 Å². The lowest BCUT2D eigenvalue weighted by Crippen LogP contribution is -2.23. The van der Waals surface area contributed by atoms with Crippen LogP contribution in [0.1, 0.15) is 28.9 Å². The molecule has 3 rings (SSSR count). The van der Waals surface area contributed by atoms with Gasteiger partial charge in [0.1, 0.15) is 5.69 Å². The van der Waals surface area contributed by atoms with Crippen LogP contribution in [0.5, 0.6) is 0 Å². The summed E-state index contributed by atoms with van der Waals surface area (Å²) in [6, 6.07) is 8.01. The Bertz CT molecular complexity index is 624. The van der Waals surface area contributed by atoms with Crippen molar-refractivity contribution in [3.8, 4) is 0 Å². The lowest BCUT2D eigenvalue weighted by molar-refractivity contribution is 0.0946. The van der Waals surface area contributed by atoms with Gasteiger partial charge >= 0.3 is 0 Å². The number of carbonyl (C=O) groups is 1. The number of nitrogens with zero attached hydrogens (tertiary/aromatic N) is 1. The molecule has 0 radical (unpaired) electrons. The molecule has 1 heterocycles. The zero-order valence-corrected chi connectivity index (χ0v) is 12.3. The molecule has 1 aliphatic carbocycles. The van der Waals surface area contributed by atoms with Gasteiger partial charge in [0, 0.05) is 23.0 Å². The molecule has 2 aromatic rings. The van der Waals surface area contributed by atoms with Crippen LogP contribution in [0.15, 0.2) is 29.6 Å². The van der Waals surface area contributed by atoms with E-state index in [2.05, 4.69) is 15.6 Å². The molecule has 1 aromatic heterocycles. The second-order valence-corrected chi connectivity index (χ2v) is 6.00. The highest BCUT2D eigenvalue weighted by molar-refractivity contribution is 7.13. The molecule has 1 aliphatic rings. The maximum atomic E-state index is 12.0. The molecule has 1 saturated carbocycles. The van der Waals surface area contributed by atoms with Gasteiger partial charge in [0.05, 0.1) is 0 Å². The van der Waals surface area contributed by atoms with Gasteiger partial charge in [-0.25, -0.2) is 4.98 Å². The Labute approximate surface area is 126 Å². The van der Waals surface area contributed by atoms with Gasteiger partial charge in [-0.1, -0.05) is 29.8 Å². The largest absolute Gasteiger partial charge is 0.359 e. The lowest BCUT2D eigenvalue weighted by Gasteiger charge is -2.05. The summed E-state index contributed by atoms with van der Waals surface area (Å²) < 4.78 is 0. The summed E-state index contributed by atoms with van der Waals surface area (Å²) >= 11 is 7.51. The van der Waals surface area contributed by atoms with E-state index in [0.29, 0.717) is 23.3 Å². The number of thiazole rings is 1. The van der Waals surface area contributed by atoms with E-state index in [-0.39, 0.29) is 5.91 Å². The molecule has 0 unspecified atom stereocenters. The number of rotatable bonds is 5. The van der Waals surface area contributed by atoms with Crippen molar-refractivity contribution in [2.24, 2.45) is 0 Å². The van der Waals surface area contributed by atoms with Crippen LogP contribution >= 0.6 is 22.9 Å². The van der Waals surface area contributed by atoms with E-state index in [1.54, 1.807) is 5.38 Å². The van der Waals surface area contributed by atoms with Gasteiger partial charge in [-0.3, -0.25) is 4.79 Å². The summed E-state index contributed by atoms with van der Waals surface area (Å²) in [7, 11) is 0. The van der Waals surface area contributed by atoms with Gasteiger partial charge in [0.15, 0.2) is 5.13 Å². The highest BCUT2D eigenvalue weighted by Gasteiger charge is 2.22. The zero-order chi connectivity index (χ0) is 13.9. The SMILES string of the molecule is O=C(NCc1ccccc1Cl)c1csc(NC2CC2)n1. The topological polar surface area (TPSA) is 54.0 Å². The maximum Gasteiger partial charge on any atom is 0.271 e. The third-order valence-corrected chi connectivity index (χ3v) is 4.18. The van der Waals surface area contributed by atoms with Gasteiger partial charge in [0.2, 0.25) is 0 Å². The number of amides is 1. The Morgan fingerprint density at radius 3 is 2.95 bits per heavy atom. The lowest BCUT2D eigenvalue weighted by atomic mass is 10.2. The minimum atomic E-state index is -0.176. The van der Waals surface area contributed by atoms with E-state index in [1.807, 2.05) is 24.3 Å². The normalized spacial score (nSPS) is 14.1. The van der Waals surface area contributed by atoms with Crippen molar-refractivity contribution in [2.75, 3.05) is 5.32 Å². The Kier molecular flexibility index (Phi) is 3.89. The van der Waals surface area contributed by atoms with Gasteiger partial charge in [-0.15, -0.1) is 11.3 Å². The fourth-order valence-corrected chi connectivity index (χ4v) is 2.73. The number of aromatic nitrogens is 1. The van der Waals surface area contributed by atoms with Crippen LogP contribution in [-0.2, 0) is 6.54 Å². The fourth-order valence-electron chi connectivity index (χ4n) is 1.75. The van der Waals surface area contributed by atoms with E-state index >= 15 is 0 Å². The molecule has 0 bridgehead atoms. The quantitative estimate of drug-likeness (QED) is 0.891.